The molecule has 0 bridgehead atoms. The number of hydrogen-bond acceptors (Lipinski definition) is 1. The van der Waals surface area contributed by atoms with Gasteiger partial charge >= 0.3 is 0 Å². The highest BCUT2D eigenvalue weighted by Gasteiger charge is 2.14. The summed E-state index contributed by atoms with van der Waals surface area (Å²) >= 11 is 0. The molecular formula is C15H25N. The molecule has 0 heterocycles. The highest BCUT2D eigenvalue weighted by atomic mass is 14.8. The van der Waals surface area contributed by atoms with Crippen molar-refractivity contribution < 1.29 is 0 Å². The van der Waals surface area contributed by atoms with Crippen molar-refractivity contribution in [2.75, 3.05) is 13.6 Å². The summed E-state index contributed by atoms with van der Waals surface area (Å²) in [6, 6.07) is 7.05. The molecule has 90 valence electrons. The molecule has 0 radical (unpaired) electrons. The van der Waals surface area contributed by atoms with Gasteiger partial charge < -0.3 is 5.32 Å². The number of benzene rings is 1. The van der Waals surface area contributed by atoms with Crippen molar-refractivity contribution in [3.63, 3.8) is 0 Å². The fourth-order valence-electron chi connectivity index (χ4n) is 1.81. The third-order valence-electron chi connectivity index (χ3n) is 2.99. The molecular weight excluding hydrogens is 194 g/mol. The fraction of sp³-hybridized carbons (Fsp3) is 0.600. The van der Waals surface area contributed by atoms with Crippen LogP contribution in [0.2, 0.25) is 0 Å². The molecule has 0 aliphatic carbocycles. The Morgan fingerprint density at radius 2 is 1.69 bits per heavy atom. The fourth-order valence-corrected chi connectivity index (χ4v) is 1.81. The summed E-state index contributed by atoms with van der Waals surface area (Å²) in [4.78, 5) is 0. The van der Waals surface area contributed by atoms with Gasteiger partial charge in [0.05, 0.1) is 0 Å². The molecule has 1 rings (SSSR count). The zero-order valence-corrected chi connectivity index (χ0v) is 11.4. The maximum Gasteiger partial charge on any atom is -0.00114 e. The Hall–Kier alpha value is -0.820. The number of likely N-dealkylation sites (N-methyl/N-ethyl adjacent to an activating group) is 1. The van der Waals surface area contributed by atoms with E-state index in [0.29, 0.717) is 0 Å². The number of rotatable bonds is 4. The Morgan fingerprint density at radius 1 is 1.06 bits per heavy atom. The van der Waals surface area contributed by atoms with E-state index in [1.54, 1.807) is 0 Å². The van der Waals surface area contributed by atoms with Gasteiger partial charge in [0.15, 0.2) is 0 Å². The largest absolute Gasteiger partial charge is 0.319 e. The summed E-state index contributed by atoms with van der Waals surface area (Å²) in [5.74, 6) is 0. The quantitative estimate of drug-likeness (QED) is 0.819. The van der Waals surface area contributed by atoms with Crippen LogP contribution in [-0.2, 0) is 18.3 Å². The van der Waals surface area contributed by atoms with Crippen LogP contribution in [0.4, 0.5) is 0 Å². The van der Waals surface area contributed by atoms with Crippen molar-refractivity contribution in [3.8, 4) is 0 Å². The molecule has 0 fully saturated rings. The van der Waals surface area contributed by atoms with E-state index in [9.17, 15) is 0 Å². The highest BCUT2D eigenvalue weighted by molar-refractivity contribution is 5.34. The topological polar surface area (TPSA) is 12.0 Å². The first-order valence-electron chi connectivity index (χ1n) is 6.25. The SMILES string of the molecule is CCc1cc(CCNC)cc(C(C)(C)C)c1. The molecule has 0 saturated carbocycles. The Balaban J connectivity index is 3.01. The van der Waals surface area contributed by atoms with E-state index in [0.717, 1.165) is 19.4 Å². The van der Waals surface area contributed by atoms with Crippen molar-refractivity contribution in [2.24, 2.45) is 0 Å². The lowest BCUT2D eigenvalue weighted by Crippen LogP contribution is -2.14. The first-order chi connectivity index (χ1) is 7.47. The van der Waals surface area contributed by atoms with Crippen LogP contribution in [0.5, 0.6) is 0 Å². The van der Waals surface area contributed by atoms with Crippen LogP contribution in [0.1, 0.15) is 44.4 Å². The lowest BCUT2D eigenvalue weighted by atomic mass is 9.84. The van der Waals surface area contributed by atoms with Gasteiger partial charge in [-0.2, -0.15) is 0 Å². The minimum Gasteiger partial charge on any atom is -0.319 e. The average Bonchev–Trinajstić information content (AvgIpc) is 2.24. The van der Waals surface area contributed by atoms with E-state index in [1.807, 2.05) is 7.05 Å². The van der Waals surface area contributed by atoms with E-state index in [1.165, 1.54) is 16.7 Å². The van der Waals surface area contributed by atoms with Gasteiger partial charge in [-0.05, 0) is 48.5 Å². The van der Waals surface area contributed by atoms with Crippen molar-refractivity contribution in [1.29, 1.82) is 0 Å². The second-order valence-corrected chi connectivity index (χ2v) is 5.50. The molecule has 1 heteroatoms. The van der Waals surface area contributed by atoms with Gasteiger partial charge in [-0.3, -0.25) is 0 Å². The summed E-state index contributed by atoms with van der Waals surface area (Å²) in [5.41, 5.74) is 4.62. The molecule has 0 aliphatic rings. The number of aryl methyl sites for hydroxylation is 1. The molecule has 1 N–H and O–H groups in total. The zero-order valence-electron chi connectivity index (χ0n) is 11.4. The lowest BCUT2D eigenvalue weighted by Gasteiger charge is -2.21. The summed E-state index contributed by atoms with van der Waals surface area (Å²) < 4.78 is 0. The summed E-state index contributed by atoms with van der Waals surface area (Å²) in [6.07, 6.45) is 2.24. The summed E-state index contributed by atoms with van der Waals surface area (Å²) in [7, 11) is 2.01. The molecule has 0 amide bonds. The molecule has 16 heavy (non-hydrogen) atoms. The molecule has 0 aliphatic heterocycles. The van der Waals surface area contributed by atoms with E-state index in [-0.39, 0.29) is 5.41 Å². The minimum atomic E-state index is 0.250. The van der Waals surface area contributed by atoms with Gasteiger partial charge in [0, 0.05) is 0 Å². The third kappa shape index (κ3) is 3.64. The Labute approximate surface area is 100 Å². The Morgan fingerprint density at radius 3 is 2.19 bits per heavy atom. The molecule has 0 spiro atoms. The lowest BCUT2D eigenvalue weighted by molar-refractivity contribution is 0.588. The van der Waals surface area contributed by atoms with Crippen LogP contribution in [0.25, 0.3) is 0 Å². The molecule has 0 unspecified atom stereocenters. The molecule has 1 nitrogen and oxygen atoms in total. The minimum absolute atomic E-state index is 0.250. The van der Waals surface area contributed by atoms with Crippen LogP contribution in [-0.4, -0.2) is 13.6 Å². The van der Waals surface area contributed by atoms with Gasteiger partial charge in [-0.25, -0.2) is 0 Å². The van der Waals surface area contributed by atoms with Crippen LogP contribution in [0.3, 0.4) is 0 Å². The molecule has 0 atom stereocenters. The average molecular weight is 219 g/mol. The van der Waals surface area contributed by atoms with Crippen molar-refractivity contribution >= 4 is 0 Å². The molecule has 1 aromatic carbocycles. The standard InChI is InChI=1S/C15H25N/c1-6-12-9-13(7-8-16-5)11-14(10-12)15(2,3)4/h9-11,16H,6-8H2,1-5H3. The number of hydrogen-bond donors (Lipinski definition) is 1. The zero-order chi connectivity index (χ0) is 12.2. The third-order valence-corrected chi connectivity index (χ3v) is 2.99. The summed E-state index contributed by atoms with van der Waals surface area (Å²) in [5, 5.41) is 3.21. The van der Waals surface area contributed by atoms with E-state index < -0.39 is 0 Å². The second kappa shape index (κ2) is 5.49. The Bertz CT molecular complexity index is 334. The summed E-state index contributed by atoms with van der Waals surface area (Å²) in [6.45, 7) is 10.1. The second-order valence-electron chi connectivity index (χ2n) is 5.50. The van der Waals surface area contributed by atoms with Gasteiger partial charge in [0.1, 0.15) is 0 Å². The smallest absolute Gasteiger partial charge is 0.00114 e. The van der Waals surface area contributed by atoms with Crippen molar-refractivity contribution in [1.82, 2.24) is 5.32 Å². The monoisotopic (exact) mass is 219 g/mol. The van der Waals surface area contributed by atoms with Crippen molar-refractivity contribution in [3.05, 3.63) is 34.9 Å². The van der Waals surface area contributed by atoms with E-state index in [2.05, 4.69) is 51.2 Å². The number of nitrogens with one attached hydrogen (secondary N) is 1. The van der Waals surface area contributed by atoms with Crippen LogP contribution in [0.15, 0.2) is 18.2 Å². The van der Waals surface area contributed by atoms with Crippen LogP contribution in [0, 0.1) is 0 Å². The first-order valence-corrected chi connectivity index (χ1v) is 6.25. The highest BCUT2D eigenvalue weighted by Crippen LogP contribution is 2.25. The van der Waals surface area contributed by atoms with Gasteiger partial charge in [0.2, 0.25) is 0 Å². The van der Waals surface area contributed by atoms with E-state index >= 15 is 0 Å². The van der Waals surface area contributed by atoms with Gasteiger partial charge in [-0.15, -0.1) is 0 Å². The first kappa shape index (κ1) is 13.2. The van der Waals surface area contributed by atoms with Gasteiger partial charge in [-0.1, -0.05) is 45.9 Å². The van der Waals surface area contributed by atoms with Crippen molar-refractivity contribution in [2.45, 2.75) is 46.0 Å². The molecule has 0 saturated heterocycles. The van der Waals surface area contributed by atoms with E-state index in [4.69, 9.17) is 0 Å². The predicted molar refractivity (Wildman–Crippen MR) is 72.2 cm³/mol. The Kier molecular flexibility index (Phi) is 4.55. The molecule has 0 aromatic heterocycles. The maximum absolute atomic E-state index is 3.21. The normalized spacial score (nSPS) is 11.8. The van der Waals surface area contributed by atoms with Crippen LogP contribution >= 0.6 is 0 Å². The van der Waals surface area contributed by atoms with Gasteiger partial charge in [0.25, 0.3) is 0 Å². The molecule has 1 aromatic rings. The predicted octanol–water partition coefficient (Wildman–Crippen LogP) is 3.31. The van der Waals surface area contributed by atoms with Crippen LogP contribution < -0.4 is 5.32 Å². The maximum atomic E-state index is 3.21.